The summed E-state index contributed by atoms with van der Waals surface area (Å²) >= 11 is 0. The molecule has 6 nitrogen and oxygen atoms in total. The van der Waals surface area contributed by atoms with Crippen LogP contribution in [0.5, 0.6) is 0 Å². The quantitative estimate of drug-likeness (QED) is 0.722. The zero-order valence-electron chi connectivity index (χ0n) is 16.6. The number of nitrogens with one attached hydrogen (secondary N) is 1. The van der Waals surface area contributed by atoms with Gasteiger partial charge in [-0.1, -0.05) is 0 Å². The van der Waals surface area contributed by atoms with Gasteiger partial charge in [0.1, 0.15) is 5.82 Å². The number of carbonyl (C=O) groups is 1. The number of likely N-dealkylation sites (tertiary alicyclic amines) is 1. The van der Waals surface area contributed by atoms with Gasteiger partial charge >= 0.3 is 0 Å². The van der Waals surface area contributed by atoms with Crippen molar-refractivity contribution in [2.45, 2.75) is 19.3 Å². The van der Waals surface area contributed by atoms with Crippen molar-refractivity contribution in [3.63, 3.8) is 0 Å². The Morgan fingerprint density at radius 1 is 1.24 bits per heavy atom. The summed E-state index contributed by atoms with van der Waals surface area (Å²) in [5.74, 6) is -0.115. The summed E-state index contributed by atoms with van der Waals surface area (Å²) in [6.45, 7) is 3.96. The normalized spacial score (nSPS) is 16.9. The number of halogens is 1. The van der Waals surface area contributed by atoms with Crippen LogP contribution in [0.25, 0.3) is 11.1 Å². The summed E-state index contributed by atoms with van der Waals surface area (Å²) in [6.07, 6.45) is 4.82. The van der Waals surface area contributed by atoms with Gasteiger partial charge in [0.25, 0.3) is 0 Å². The van der Waals surface area contributed by atoms with Crippen LogP contribution in [0.1, 0.15) is 23.7 Å². The van der Waals surface area contributed by atoms with Crippen molar-refractivity contribution in [3.05, 3.63) is 66.0 Å². The lowest BCUT2D eigenvalue weighted by molar-refractivity contribution is -0.117. The summed E-state index contributed by atoms with van der Waals surface area (Å²) in [5, 5.41) is 7.08. The maximum atomic E-state index is 13.0. The summed E-state index contributed by atoms with van der Waals surface area (Å²) < 4.78 is 14.8. The van der Waals surface area contributed by atoms with Crippen LogP contribution in [0.4, 0.5) is 10.1 Å². The third-order valence-corrected chi connectivity index (χ3v) is 5.20. The highest BCUT2D eigenvalue weighted by Gasteiger charge is 2.26. The molecule has 7 heteroatoms. The molecule has 150 valence electrons. The largest absolute Gasteiger partial charge is 0.325 e. The molecule has 1 fully saturated rings. The lowest BCUT2D eigenvalue weighted by Gasteiger charge is -2.16. The van der Waals surface area contributed by atoms with Gasteiger partial charge in [0, 0.05) is 48.3 Å². The molecule has 0 bridgehead atoms. The van der Waals surface area contributed by atoms with Gasteiger partial charge in [-0.2, -0.15) is 5.10 Å². The average Bonchev–Trinajstić information content (AvgIpc) is 3.32. The Morgan fingerprint density at radius 2 is 2.03 bits per heavy atom. The first-order valence-corrected chi connectivity index (χ1v) is 9.71. The van der Waals surface area contributed by atoms with E-state index in [0.29, 0.717) is 18.2 Å². The standard InChI is InChI=1S/C22H24FN5O/c1-15-9-17(18-11-24-27(2)12-18)10-21(25-15)16-7-8-28(13-16)14-22(29)26-20-5-3-19(23)4-6-20/h3-6,9-12,16H,7-8,13-14H2,1-2H3,(H,26,29)/t16-/m1/s1. The second-order valence-electron chi connectivity index (χ2n) is 7.60. The fourth-order valence-corrected chi connectivity index (χ4v) is 3.79. The molecular formula is C22H24FN5O. The van der Waals surface area contributed by atoms with Crippen LogP contribution in [-0.4, -0.2) is 45.2 Å². The Hall–Kier alpha value is -3.06. The Morgan fingerprint density at radius 3 is 2.76 bits per heavy atom. The van der Waals surface area contributed by atoms with Crippen molar-refractivity contribution in [1.82, 2.24) is 19.7 Å². The number of amides is 1. The molecule has 1 aliphatic rings. The molecule has 1 atom stereocenters. The third kappa shape index (κ3) is 4.68. The number of hydrogen-bond donors (Lipinski definition) is 1. The fourth-order valence-electron chi connectivity index (χ4n) is 3.79. The van der Waals surface area contributed by atoms with E-state index in [1.807, 2.05) is 26.4 Å². The number of hydrogen-bond acceptors (Lipinski definition) is 4. The molecule has 4 rings (SSSR count). The molecule has 29 heavy (non-hydrogen) atoms. The minimum absolute atomic E-state index is 0.0921. The van der Waals surface area contributed by atoms with E-state index in [2.05, 4.69) is 27.4 Å². The van der Waals surface area contributed by atoms with Gasteiger partial charge in [-0.3, -0.25) is 19.4 Å². The SMILES string of the molecule is Cc1cc(-c2cnn(C)c2)cc([C@@H]2CCN(CC(=O)Nc3ccc(F)cc3)C2)n1. The Kier molecular flexibility index (Phi) is 5.40. The lowest BCUT2D eigenvalue weighted by Crippen LogP contribution is -2.31. The Balaban J connectivity index is 1.40. The van der Waals surface area contributed by atoms with Gasteiger partial charge in [0.2, 0.25) is 5.91 Å². The summed E-state index contributed by atoms with van der Waals surface area (Å²) in [4.78, 5) is 19.2. The van der Waals surface area contributed by atoms with Crippen LogP contribution in [-0.2, 0) is 11.8 Å². The van der Waals surface area contributed by atoms with Gasteiger partial charge in [0.05, 0.1) is 12.7 Å². The van der Waals surface area contributed by atoms with E-state index in [-0.39, 0.29) is 11.7 Å². The monoisotopic (exact) mass is 393 g/mol. The maximum absolute atomic E-state index is 13.0. The highest BCUT2D eigenvalue weighted by molar-refractivity contribution is 5.92. The molecule has 3 heterocycles. The first-order valence-electron chi connectivity index (χ1n) is 9.71. The van der Waals surface area contributed by atoms with Crippen LogP contribution < -0.4 is 5.32 Å². The number of carbonyl (C=O) groups excluding carboxylic acids is 1. The zero-order chi connectivity index (χ0) is 20.4. The highest BCUT2D eigenvalue weighted by atomic mass is 19.1. The maximum Gasteiger partial charge on any atom is 0.238 e. The molecule has 0 spiro atoms. The Labute approximate surface area is 169 Å². The first kappa shape index (κ1) is 19.3. The number of rotatable bonds is 5. The molecular weight excluding hydrogens is 369 g/mol. The number of pyridine rings is 1. The molecule has 1 N–H and O–H groups in total. The molecule has 0 saturated carbocycles. The number of aryl methyl sites for hydroxylation is 2. The predicted molar refractivity (Wildman–Crippen MR) is 110 cm³/mol. The Bertz CT molecular complexity index is 1010. The molecule has 1 amide bonds. The van der Waals surface area contributed by atoms with Crippen LogP contribution in [0.15, 0.2) is 48.8 Å². The van der Waals surface area contributed by atoms with Crippen molar-refractivity contribution in [3.8, 4) is 11.1 Å². The van der Waals surface area contributed by atoms with Gasteiger partial charge in [-0.25, -0.2) is 4.39 Å². The van der Waals surface area contributed by atoms with E-state index >= 15 is 0 Å². The lowest BCUT2D eigenvalue weighted by atomic mass is 10.00. The third-order valence-electron chi connectivity index (χ3n) is 5.20. The second kappa shape index (κ2) is 8.13. The molecule has 2 aromatic heterocycles. The minimum Gasteiger partial charge on any atom is -0.325 e. The number of anilines is 1. The van der Waals surface area contributed by atoms with E-state index in [1.54, 1.807) is 16.8 Å². The van der Waals surface area contributed by atoms with E-state index < -0.39 is 0 Å². The molecule has 1 aromatic carbocycles. The van der Waals surface area contributed by atoms with Crippen LogP contribution in [0, 0.1) is 12.7 Å². The van der Waals surface area contributed by atoms with Crippen LogP contribution in [0.3, 0.4) is 0 Å². The van der Waals surface area contributed by atoms with Crippen molar-refractivity contribution >= 4 is 11.6 Å². The van der Waals surface area contributed by atoms with Gasteiger partial charge in [0.15, 0.2) is 0 Å². The van der Waals surface area contributed by atoms with Crippen molar-refractivity contribution in [2.75, 3.05) is 25.0 Å². The average molecular weight is 393 g/mol. The molecule has 0 aliphatic carbocycles. The predicted octanol–water partition coefficient (Wildman–Crippen LogP) is 3.36. The van der Waals surface area contributed by atoms with E-state index in [4.69, 9.17) is 4.98 Å². The van der Waals surface area contributed by atoms with E-state index in [9.17, 15) is 9.18 Å². The highest BCUT2D eigenvalue weighted by Crippen LogP contribution is 2.29. The summed E-state index contributed by atoms with van der Waals surface area (Å²) in [7, 11) is 1.91. The topological polar surface area (TPSA) is 63.1 Å². The number of benzene rings is 1. The smallest absolute Gasteiger partial charge is 0.238 e. The van der Waals surface area contributed by atoms with Gasteiger partial charge in [-0.15, -0.1) is 0 Å². The van der Waals surface area contributed by atoms with Gasteiger partial charge < -0.3 is 5.32 Å². The molecule has 1 saturated heterocycles. The van der Waals surface area contributed by atoms with Crippen molar-refractivity contribution < 1.29 is 9.18 Å². The summed E-state index contributed by atoms with van der Waals surface area (Å²) in [6, 6.07) is 10.0. The molecule has 0 unspecified atom stereocenters. The molecule has 1 aliphatic heterocycles. The fraction of sp³-hybridized carbons (Fsp3) is 0.318. The van der Waals surface area contributed by atoms with Crippen LogP contribution in [0.2, 0.25) is 0 Å². The van der Waals surface area contributed by atoms with Crippen molar-refractivity contribution in [2.24, 2.45) is 7.05 Å². The minimum atomic E-state index is -0.318. The number of aromatic nitrogens is 3. The second-order valence-corrected chi connectivity index (χ2v) is 7.60. The van der Waals surface area contributed by atoms with E-state index in [1.165, 1.54) is 12.1 Å². The number of nitrogens with zero attached hydrogens (tertiary/aromatic N) is 4. The van der Waals surface area contributed by atoms with E-state index in [0.717, 1.165) is 42.0 Å². The van der Waals surface area contributed by atoms with Gasteiger partial charge in [-0.05, 0) is 61.9 Å². The van der Waals surface area contributed by atoms with Crippen LogP contribution >= 0.6 is 0 Å². The van der Waals surface area contributed by atoms with Crippen molar-refractivity contribution in [1.29, 1.82) is 0 Å². The summed E-state index contributed by atoms with van der Waals surface area (Å²) in [5.41, 5.74) is 4.84. The molecule has 3 aromatic rings. The zero-order valence-corrected chi connectivity index (χ0v) is 16.6. The molecule has 0 radical (unpaired) electrons. The first-order chi connectivity index (χ1) is 14.0.